The van der Waals surface area contributed by atoms with Crippen molar-refractivity contribution >= 4 is 5.91 Å². The number of carbonyl (C=O) groups excluding carboxylic acids is 1. The second-order valence-corrected chi connectivity index (χ2v) is 7.68. The zero-order chi connectivity index (χ0) is 23.6. The zero-order valence-electron chi connectivity index (χ0n) is 17.5. The molecule has 2 aromatic carbocycles. The van der Waals surface area contributed by atoms with Crippen molar-refractivity contribution in [2.45, 2.75) is 44.2 Å². The van der Waals surface area contributed by atoms with Gasteiger partial charge in [-0.25, -0.2) is 0 Å². The molecule has 1 amide bonds. The maximum absolute atomic E-state index is 13.5. The minimum atomic E-state index is -5.13. The number of hydrogen-bond donors (Lipinski definition) is 1. The average molecular weight is 446 g/mol. The van der Waals surface area contributed by atoms with E-state index in [1.807, 2.05) is 18.7 Å². The lowest BCUT2D eigenvalue weighted by Gasteiger charge is -2.43. The van der Waals surface area contributed by atoms with Crippen LogP contribution in [0.5, 0.6) is 0 Å². The Balaban J connectivity index is 2.56. The topological polar surface area (TPSA) is 32.3 Å². The Labute approximate surface area is 177 Å². The molecule has 0 heterocycles. The highest BCUT2D eigenvalue weighted by molar-refractivity contribution is 5.96. The van der Waals surface area contributed by atoms with Crippen LogP contribution in [0.25, 0.3) is 0 Å². The van der Waals surface area contributed by atoms with Crippen LogP contribution < -0.4 is 5.32 Å². The molecule has 0 spiro atoms. The lowest BCUT2D eigenvalue weighted by atomic mass is 9.83. The fourth-order valence-electron chi connectivity index (χ4n) is 3.38. The van der Waals surface area contributed by atoms with Gasteiger partial charge in [-0.15, -0.1) is 0 Å². The molecule has 0 bridgehead atoms. The van der Waals surface area contributed by atoms with Gasteiger partial charge >= 0.3 is 12.4 Å². The first-order chi connectivity index (χ1) is 14.2. The van der Waals surface area contributed by atoms with Gasteiger partial charge in [0, 0.05) is 5.54 Å². The van der Waals surface area contributed by atoms with Crippen LogP contribution in [0.3, 0.4) is 0 Å². The van der Waals surface area contributed by atoms with Crippen molar-refractivity contribution in [3.8, 4) is 0 Å². The predicted octanol–water partition coefficient (Wildman–Crippen LogP) is 5.93. The molecule has 170 valence electrons. The Morgan fingerprint density at radius 2 is 1.55 bits per heavy atom. The number of benzene rings is 2. The van der Waals surface area contributed by atoms with Crippen LogP contribution in [0.4, 0.5) is 26.3 Å². The van der Waals surface area contributed by atoms with E-state index in [4.69, 9.17) is 0 Å². The first-order valence-corrected chi connectivity index (χ1v) is 9.53. The van der Waals surface area contributed by atoms with Gasteiger partial charge in [0.1, 0.15) is 0 Å². The van der Waals surface area contributed by atoms with Gasteiger partial charge in [-0.3, -0.25) is 4.79 Å². The van der Waals surface area contributed by atoms with Gasteiger partial charge in [0.05, 0.1) is 22.7 Å². The molecule has 0 radical (unpaired) electrons. The summed E-state index contributed by atoms with van der Waals surface area (Å²) >= 11 is 0. The highest BCUT2D eigenvalue weighted by atomic mass is 19.4. The molecule has 1 N–H and O–H groups in total. The number of rotatable bonds is 6. The molecule has 0 aromatic heterocycles. The van der Waals surface area contributed by atoms with E-state index in [-0.39, 0.29) is 6.07 Å². The molecular formula is C22H24F6N2O. The summed E-state index contributed by atoms with van der Waals surface area (Å²) in [6, 6.07) is 9.01. The van der Waals surface area contributed by atoms with Gasteiger partial charge in [-0.05, 0) is 51.2 Å². The Morgan fingerprint density at radius 3 is 2.00 bits per heavy atom. The summed E-state index contributed by atoms with van der Waals surface area (Å²) in [4.78, 5) is 14.8. The standard InChI is InChI=1S/C22H24F6N2O/c1-5-20(2,30(3)4)18(14-9-7-6-8-10-14)29-19(31)16-12-11-15(21(23,24)25)13-17(16)22(26,27)28/h6-13,18H,5H2,1-4H3,(H,29,31). The van der Waals surface area contributed by atoms with Crippen molar-refractivity contribution in [3.05, 3.63) is 70.8 Å². The van der Waals surface area contributed by atoms with Gasteiger partial charge in [0.15, 0.2) is 0 Å². The van der Waals surface area contributed by atoms with Crippen molar-refractivity contribution in [1.82, 2.24) is 10.2 Å². The molecule has 9 heteroatoms. The first kappa shape index (κ1) is 24.7. The molecule has 2 atom stereocenters. The number of hydrogen-bond acceptors (Lipinski definition) is 2. The quantitative estimate of drug-likeness (QED) is 0.559. The molecule has 2 unspecified atom stereocenters. The molecule has 0 fully saturated rings. The summed E-state index contributed by atoms with van der Waals surface area (Å²) in [7, 11) is 3.57. The minimum Gasteiger partial charge on any atom is -0.343 e. The van der Waals surface area contributed by atoms with Crippen LogP contribution in [0.2, 0.25) is 0 Å². The van der Waals surface area contributed by atoms with Crippen molar-refractivity contribution in [2.24, 2.45) is 0 Å². The van der Waals surface area contributed by atoms with Crippen LogP contribution in [0.1, 0.15) is 53.4 Å². The molecular weight excluding hydrogens is 422 g/mol. The second-order valence-electron chi connectivity index (χ2n) is 7.68. The van der Waals surface area contributed by atoms with Crippen molar-refractivity contribution < 1.29 is 31.1 Å². The Morgan fingerprint density at radius 1 is 0.968 bits per heavy atom. The van der Waals surface area contributed by atoms with E-state index in [0.717, 1.165) is 0 Å². The van der Waals surface area contributed by atoms with Crippen LogP contribution in [0.15, 0.2) is 48.5 Å². The third kappa shape index (κ3) is 5.39. The smallest absolute Gasteiger partial charge is 0.343 e. The average Bonchev–Trinajstić information content (AvgIpc) is 2.70. The molecule has 0 saturated carbocycles. The van der Waals surface area contributed by atoms with E-state index >= 15 is 0 Å². The summed E-state index contributed by atoms with van der Waals surface area (Å²) in [5.41, 5.74) is -3.98. The van der Waals surface area contributed by atoms with Crippen LogP contribution in [-0.4, -0.2) is 30.4 Å². The van der Waals surface area contributed by atoms with Crippen molar-refractivity contribution in [2.75, 3.05) is 14.1 Å². The van der Waals surface area contributed by atoms with Gasteiger partial charge in [0.2, 0.25) is 0 Å². The normalized spacial score (nSPS) is 15.5. The fraction of sp³-hybridized carbons (Fsp3) is 0.409. The number of nitrogens with zero attached hydrogens (tertiary/aromatic N) is 1. The summed E-state index contributed by atoms with van der Waals surface area (Å²) in [5, 5.41) is 2.63. The fourth-order valence-corrected chi connectivity index (χ4v) is 3.38. The largest absolute Gasteiger partial charge is 0.417 e. The Bertz CT molecular complexity index is 908. The molecule has 2 aromatic rings. The molecule has 0 saturated heterocycles. The maximum atomic E-state index is 13.5. The Kier molecular flexibility index (Phi) is 7.10. The van der Waals surface area contributed by atoms with E-state index in [1.165, 1.54) is 0 Å². The third-order valence-corrected chi connectivity index (χ3v) is 5.66. The predicted molar refractivity (Wildman–Crippen MR) is 105 cm³/mol. The summed E-state index contributed by atoms with van der Waals surface area (Å²) in [5.74, 6) is -1.10. The third-order valence-electron chi connectivity index (χ3n) is 5.66. The van der Waals surface area contributed by atoms with E-state index in [0.29, 0.717) is 24.1 Å². The molecule has 31 heavy (non-hydrogen) atoms. The molecule has 0 aliphatic carbocycles. The zero-order valence-corrected chi connectivity index (χ0v) is 17.5. The molecule has 0 aliphatic rings. The maximum Gasteiger partial charge on any atom is 0.417 e. The number of halogens is 6. The van der Waals surface area contributed by atoms with E-state index in [9.17, 15) is 31.1 Å². The molecule has 2 rings (SSSR count). The Hall–Kier alpha value is -2.55. The minimum absolute atomic E-state index is 0.0304. The lowest BCUT2D eigenvalue weighted by Crippen LogP contribution is -2.52. The number of nitrogens with one attached hydrogen (secondary N) is 1. The van der Waals surface area contributed by atoms with Crippen LogP contribution >= 0.6 is 0 Å². The second kappa shape index (κ2) is 8.90. The summed E-state index contributed by atoms with van der Waals surface area (Å²) in [6.07, 6.45) is -9.56. The van der Waals surface area contributed by atoms with Gasteiger partial charge in [-0.2, -0.15) is 26.3 Å². The number of amides is 1. The lowest BCUT2D eigenvalue weighted by molar-refractivity contribution is -0.143. The van der Waals surface area contributed by atoms with Crippen LogP contribution in [0, 0.1) is 0 Å². The molecule has 3 nitrogen and oxygen atoms in total. The van der Waals surface area contributed by atoms with Gasteiger partial charge in [0.25, 0.3) is 5.91 Å². The highest BCUT2D eigenvalue weighted by Gasteiger charge is 2.41. The van der Waals surface area contributed by atoms with Crippen molar-refractivity contribution in [3.63, 3.8) is 0 Å². The summed E-state index contributed by atoms with van der Waals surface area (Å²) < 4.78 is 79.3. The number of alkyl halides is 6. The summed E-state index contributed by atoms with van der Waals surface area (Å²) in [6.45, 7) is 3.73. The highest BCUT2D eigenvalue weighted by Crippen LogP contribution is 2.38. The first-order valence-electron chi connectivity index (χ1n) is 9.53. The van der Waals surface area contributed by atoms with Crippen molar-refractivity contribution in [1.29, 1.82) is 0 Å². The van der Waals surface area contributed by atoms with Gasteiger partial charge < -0.3 is 10.2 Å². The van der Waals surface area contributed by atoms with Gasteiger partial charge in [-0.1, -0.05) is 37.3 Å². The monoisotopic (exact) mass is 446 g/mol. The van der Waals surface area contributed by atoms with E-state index in [1.54, 1.807) is 44.4 Å². The number of carbonyl (C=O) groups is 1. The molecule has 0 aliphatic heterocycles. The van der Waals surface area contributed by atoms with Crippen LogP contribution in [-0.2, 0) is 12.4 Å². The van der Waals surface area contributed by atoms with E-state index in [2.05, 4.69) is 5.32 Å². The number of likely N-dealkylation sites (N-methyl/N-ethyl adjacent to an activating group) is 1. The SMILES string of the molecule is CCC(C)(C(NC(=O)c1ccc(C(F)(F)F)cc1C(F)(F)F)c1ccccc1)N(C)C. The van der Waals surface area contributed by atoms with E-state index < -0.39 is 46.5 Å².